The van der Waals surface area contributed by atoms with Crippen LogP contribution < -0.4 is 15.4 Å². The molecule has 124 valence electrons. The maximum absolute atomic E-state index is 11.8. The Bertz CT molecular complexity index is 740. The molecule has 3 N–H and O–H groups in total. The number of hydrogen-bond acceptors (Lipinski definition) is 4. The number of nitrogens with zero attached hydrogens (tertiary/aromatic N) is 1. The Balaban J connectivity index is 1.73. The van der Waals surface area contributed by atoms with Gasteiger partial charge in [-0.1, -0.05) is 18.2 Å². The summed E-state index contributed by atoms with van der Waals surface area (Å²) in [7, 11) is 0. The first kappa shape index (κ1) is 17.3. The number of carbonyl (C=O) groups is 1. The minimum absolute atomic E-state index is 0.0512. The summed E-state index contributed by atoms with van der Waals surface area (Å²) in [5, 5.41) is 23.8. The van der Waals surface area contributed by atoms with Crippen LogP contribution in [-0.4, -0.2) is 30.4 Å². The Morgan fingerprint density at radius 2 is 2.08 bits per heavy atom. The van der Waals surface area contributed by atoms with E-state index in [9.17, 15) is 9.90 Å². The second-order valence-corrected chi connectivity index (χ2v) is 5.31. The van der Waals surface area contributed by atoms with Crippen LogP contribution in [0.1, 0.15) is 11.1 Å². The van der Waals surface area contributed by atoms with Crippen molar-refractivity contribution in [3.8, 4) is 11.8 Å². The molecule has 0 fully saturated rings. The van der Waals surface area contributed by atoms with Crippen molar-refractivity contribution >= 4 is 11.7 Å². The Labute approximate surface area is 140 Å². The monoisotopic (exact) mass is 325 g/mol. The topological polar surface area (TPSA) is 94.4 Å². The van der Waals surface area contributed by atoms with Crippen LogP contribution in [0.15, 0.2) is 48.5 Å². The van der Waals surface area contributed by atoms with Crippen LogP contribution in [0, 0.1) is 18.3 Å². The molecule has 0 saturated carbocycles. The van der Waals surface area contributed by atoms with E-state index in [0.29, 0.717) is 17.0 Å². The Morgan fingerprint density at radius 3 is 2.83 bits per heavy atom. The zero-order valence-electron chi connectivity index (χ0n) is 13.3. The fourth-order valence-corrected chi connectivity index (χ4v) is 2.01. The molecule has 0 radical (unpaired) electrons. The van der Waals surface area contributed by atoms with E-state index in [0.717, 1.165) is 5.56 Å². The van der Waals surface area contributed by atoms with E-state index in [4.69, 9.17) is 10.00 Å². The first-order chi connectivity index (χ1) is 11.6. The fraction of sp³-hybridized carbons (Fsp3) is 0.222. The van der Waals surface area contributed by atoms with Crippen molar-refractivity contribution in [1.82, 2.24) is 5.32 Å². The van der Waals surface area contributed by atoms with Gasteiger partial charge in [0.2, 0.25) is 0 Å². The van der Waals surface area contributed by atoms with Crippen LogP contribution in [0.5, 0.6) is 5.75 Å². The quantitative estimate of drug-likeness (QED) is 0.760. The van der Waals surface area contributed by atoms with E-state index in [1.54, 1.807) is 24.3 Å². The molecule has 24 heavy (non-hydrogen) atoms. The number of anilines is 1. The molecule has 2 rings (SSSR count). The third-order valence-corrected chi connectivity index (χ3v) is 3.18. The smallest absolute Gasteiger partial charge is 0.319 e. The molecule has 6 nitrogen and oxygen atoms in total. The third kappa shape index (κ3) is 5.63. The molecule has 0 saturated heterocycles. The summed E-state index contributed by atoms with van der Waals surface area (Å²) in [5.74, 6) is 0.673. The number of urea groups is 1. The number of carbonyl (C=O) groups excluding carboxylic acids is 1. The largest absolute Gasteiger partial charge is 0.491 e. The summed E-state index contributed by atoms with van der Waals surface area (Å²) in [6, 6.07) is 15.6. The number of rotatable bonds is 6. The van der Waals surface area contributed by atoms with Gasteiger partial charge >= 0.3 is 6.03 Å². The van der Waals surface area contributed by atoms with Gasteiger partial charge in [-0.3, -0.25) is 0 Å². The molecule has 0 aliphatic carbocycles. The first-order valence-corrected chi connectivity index (χ1v) is 7.49. The van der Waals surface area contributed by atoms with Gasteiger partial charge in [-0.25, -0.2) is 4.79 Å². The van der Waals surface area contributed by atoms with E-state index in [1.807, 2.05) is 37.3 Å². The van der Waals surface area contributed by atoms with Gasteiger partial charge in [-0.2, -0.15) is 5.26 Å². The molecule has 0 bridgehead atoms. The van der Waals surface area contributed by atoms with Crippen LogP contribution >= 0.6 is 0 Å². The molecule has 6 heteroatoms. The van der Waals surface area contributed by atoms with Gasteiger partial charge in [-0.15, -0.1) is 0 Å². The van der Waals surface area contributed by atoms with Crippen molar-refractivity contribution in [1.29, 1.82) is 5.26 Å². The lowest BCUT2D eigenvalue weighted by atomic mass is 10.2. The summed E-state index contributed by atoms with van der Waals surface area (Å²) in [6.45, 7) is 2.08. The Morgan fingerprint density at radius 1 is 1.29 bits per heavy atom. The summed E-state index contributed by atoms with van der Waals surface area (Å²) in [4.78, 5) is 11.8. The van der Waals surface area contributed by atoms with Gasteiger partial charge < -0.3 is 20.5 Å². The van der Waals surface area contributed by atoms with Crippen LogP contribution in [0.2, 0.25) is 0 Å². The fourth-order valence-electron chi connectivity index (χ4n) is 2.01. The number of aryl methyl sites for hydroxylation is 1. The van der Waals surface area contributed by atoms with Crippen molar-refractivity contribution in [2.45, 2.75) is 13.0 Å². The molecule has 0 spiro atoms. The zero-order chi connectivity index (χ0) is 17.4. The highest BCUT2D eigenvalue weighted by Crippen LogP contribution is 2.12. The number of aliphatic hydroxyl groups excluding tert-OH is 1. The lowest BCUT2D eigenvalue weighted by Gasteiger charge is -2.14. The SMILES string of the molecule is Cc1cccc(OCC(O)CNC(=O)Nc2cccc(C#N)c2)c1. The van der Waals surface area contributed by atoms with Gasteiger partial charge in [0, 0.05) is 12.2 Å². The lowest BCUT2D eigenvalue weighted by molar-refractivity contribution is 0.108. The summed E-state index contributed by atoms with van der Waals surface area (Å²) < 4.78 is 5.47. The predicted octanol–water partition coefficient (Wildman–Crippen LogP) is 2.43. The second kappa shape index (κ2) is 8.56. The van der Waals surface area contributed by atoms with E-state index in [2.05, 4.69) is 10.6 Å². The number of amides is 2. The molecule has 2 aromatic carbocycles. The Hall–Kier alpha value is -3.04. The minimum Gasteiger partial charge on any atom is -0.491 e. The Kier molecular flexibility index (Phi) is 6.17. The van der Waals surface area contributed by atoms with Crippen molar-refractivity contribution in [2.75, 3.05) is 18.5 Å². The molecule has 0 heterocycles. The number of benzene rings is 2. The molecular formula is C18H19N3O3. The van der Waals surface area contributed by atoms with Crippen molar-refractivity contribution in [2.24, 2.45) is 0 Å². The highest BCUT2D eigenvalue weighted by atomic mass is 16.5. The van der Waals surface area contributed by atoms with E-state index < -0.39 is 12.1 Å². The average molecular weight is 325 g/mol. The third-order valence-electron chi connectivity index (χ3n) is 3.18. The zero-order valence-corrected chi connectivity index (χ0v) is 13.3. The van der Waals surface area contributed by atoms with Crippen molar-refractivity contribution < 1.29 is 14.6 Å². The van der Waals surface area contributed by atoms with Gasteiger partial charge in [0.25, 0.3) is 0 Å². The standard InChI is InChI=1S/C18H19N3O3/c1-13-4-2-7-17(8-13)24-12-16(22)11-20-18(23)21-15-6-3-5-14(9-15)10-19/h2-9,16,22H,11-12H2,1H3,(H2,20,21,23). The number of ether oxygens (including phenoxy) is 1. The normalized spacial score (nSPS) is 11.2. The highest BCUT2D eigenvalue weighted by Gasteiger charge is 2.08. The first-order valence-electron chi connectivity index (χ1n) is 7.49. The molecule has 2 aromatic rings. The summed E-state index contributed by atoms with van der Waals surface area (Å²) in [6.07, 6.45) is -0.832. The van der Waals surface area contributed by atoms with E-state index >= 15 is 0 Å². The van der Waals surface area contributed by atoms with Crippen molar-refractivity contribution in [3.63, 3.8) is 0 Å². The molecular weight excluding hydrogens is 306 g/mol. The van der Waals surface area contributed by atoms with Gasteiger partial charge in [-0.05, 0) is 42.8 Å². The molecule has 2 amide bonds. The molecule has 1 atom stereocenters. The summed E-state index contributed by atoms with van der Waals surface area (Å²) in [5.41, 5.74) is 2.04. The van der Waals surface area contributed by atoms with Crippen molar-refractivity contribution in [3.05, 3.63) is 59.7 Å². The molecule has 0 aliphatic heterocycles. The molecule has 0 aromatic heterocycles. The number of aliphatic hydroxyl groups is 1. The number of hydrogen-bond donors (Lipinski definition) is 3. The van der Waals surface area contributed by atoms with Gasteiger partial charge in [0.15, 0.2) is 0 Å². The minimum atomic E-state index is -0.832. The van der Waals surface area contributed by atoms with Crippen LogP contribution in [0.25, 0.3) is 0 Å². The van der Waals surface area contributed by atoms with Gasteiger partial charge in [0.05, 0.1) is 11.6 Å². The molecule has 0 aliphatic rings. The van der Waals surface area contributed by atoms with Crippen LogP contribution in [-0.2, 0) is 0 Å². The number of nitrogens with one attached hydrogen (secondary N) is 2. The average Bonchev–Trinajstić information content (AvgIpc) is 2.58. The maximum Gasteiger partial charge on any atom is 0.319 e. The van der Waals surface area contributed by atoms with Gasteiger partial charge in [0.1, 0.15) is 18.5 Å². The number of nitriles is 1. The molecule has 1 unspecified atom stereocenters. The van der Waals surface area contributed by atoms with Crippen LogP contribution in [0.4, 0.5) is 10.5 Å². The van der Waals surface area contributed by atoms with E-state index in [1.165, 1.54) is 0 Å². The highest BCUT2D eigenvalue weighted by molar-refractivity contribution is 5.89. The second-order valence-electron chi connectivity index (χ2n) is 5.31. The maximum atomic E-state index is 11.8. The van der Waals surface area contributed by atoms with E-state index in [-0.39, 0.29) is 13.2 Å². The lowest BCUT2D eigenvalue weighted by Crippen LogP contribution is -2.37. The summed E-state index contributed by atoms with van der Waals surface area (Å²) >= 11 is 0. The predicted molar refractivity (Wildman–Crippen MR) is 90.9 cm³/mol. The van der Waals surface area contributed by atoms with Crippen LogP contribution in [0.3, 0.4) is 0 Å².